The number of pyridine rings is 1. The Labute approximate surface area is 161 Å². The number of nitrogens with zero attached hydrogens (tertiary/aromatic N) is 6. The van der Waals surface area contributed by atoms with Crippen LogP contribution in [0.25, 0.3) is 22.4 Å². The van der Waals surface area contributed by atoms with Crippen LogP contribution in [-0.4, -0.2) is 35.6 Å². The number of amides is 1. The summed E-state index contributed by atoms with van der Waals surface area (Å²) in [5, 5.41) is 16.2. The Bertz CT molecular complexity index is 1200. The molecule has 9 nitrogen and oxygen atoms in total. The minimum atomic E-state index is -0.216. The Morgan fingerprint density at radius 3 is 2.64 bits per heavy atom. The van der Waals surface area contributed by atoms with Gasteiger partial charge in [-0.1, -0.05) is 5.16 Å². The van der Waals surface area contributed by atoms with Crippen molar-refractivity contribution in [1.82, 2.24) is 35.0 Å². The van der Waals surface area contributed by atoms with E-state index < -0.39 is 0 Å². The van der Waals surface area contributed by atoms with E-state index in [2.05, 4.69) is 25.7 Å². The molecule has 0 unspecified atom stereocenters. The third-order valence-corrected chi connectivity index (χ3v) is 4.95. The first kappa shape index (κ1) is 17.9. The van der Waals surface area contributed by atoms with E-state index in [1.807, 2.05) is 38.8 Å². The molecule has 0 radical (unpaired) electrons. The number of aromatic nitrogens is 6. The van der Waals surface area contributed by atoms with Gasteiger partial charge in [-0.2, -0.15) is 10.2 Å². The summed E-state index contributed by atoms with van der Waals surface area (Å²) >= 11 is 0. The molecule has 0 aliphatic heterocycles. The van der Waals surface area contributed by atoms with Crippen LogP contribution in [0, 0.1) is 20.8 Å². The highest BCUT2D eigenvalue weighted by molar-refractivity contribution is 6.06. The largest absolute Gasteiger partial charge is 0.348 e. The number of hydrogen-bond acceptors (Lipinski definition) is 6. The summed E-state index contributed by atoms with van der Waals surface area (Å²) in [5.41, 5.74) is 5.77. The zero-order valence-corrected chi connectivity index (χ0v) is 16.4. The smallest absolute Gasteiger partial charge is 0.259 e. The second kappa shape index (κ2) is 6.59. The Kier molecular flexibility index (Phi) is 4.21. The Morgan fingerprint density at radius 1 is 1.21 bits per heavy atom. The third-order valence-electron chi connectivity index (χ3n) is 4.95. The average molecular weight is 379 g/mol. The third kappa shape index (κ3) is 2.94. The van der Waals surface area contributed by atoms with E-state index >= 15 is 0 Å². The molecule has 144 valence electrons. The fraction of sp³-hybridized carbons (Fsp3) is 0.316. The number of carbonyl (C=O) groups excluding carboxylic acids is 1. The van der Waals surface area contributed by atoms with Crippen LogP contribution >= 0.6 is 0 Å². The zero-order chi connectivity index (χ0) is 20.0. The molecule has 4 aromatic heterocycles. The van der Waals surface area contributed by atoms with Gasteiger partial charge in [0.15, 0.2) is 0 Å². The summed E-state index contributed by atoms with van der Waals surface area (Å²) in [5.74, 6) is -0.216. The van der Waals surface area contributed by atoms with Crippen molar-refractivity contribution in [3.05, 3.63) is 46.7 Å². The van der Waals surface area contributed by atoms with E-state index in [4.69, 9.17) is 4.52 Å². The van der Waals surface area contributed by atoms with Gasteiger partial charge in [-0.3, -0.25) is 14.2 Å². The fourth-order valence-corrected chi connectivity index (χ4v) is 3.31. The van der Waals surface area contributed by atoms with Gasteiger partial charge in [0.25, 0.3) is 11.6 Å². The first-order valence-corrected chi connectivity index (χ1v) is 8.88. The minimum absolute atomic E-state index is 0.216. The summed E-state index contributed by atoms with van der Waals surface area (Å²) in [6, 6.07) is 1.75. The van der Waals surface area contributed by atoms with Gasteiger partial charge in [0.1, 0.15) is 0 Å². The van der Waals surface area contributed by atoms with Crippen LogP contribution in [0.4, 0.5) is 0 Å². The molecule has 1 N–H and O–H groups in total. The second-order valence-electron chi connectivity index (χ2n) is 6.86. The molecule has 0 bridgehead atoms. The van der Waals surface area contributed by atoms with Crippen molar-refractivity contribution in [1.29, 1.82) is 0 Å². The molecule has 28 heavy (non-hydrogen) atoms. The number of nitrogens with one attached hydrogen (secondary N) is 1. The van der Waals surface area contributed by atoms with E-state index in [0.717, 1.165) is 22.5 Å². The lowest BCUT2D eigenvalue weighted by Gasteiger charge is -2.08. The number of fused-ring (bicyclic) bond motifs is 1. The van der Waals surface area contributed by atoms with Crippen LogP contribution < -0.4 is 5.32 Å². The second-order valence-corrected chi connectivity index (χ2v) is 6.86. The van der Waals surface area contributed by atoms with Crippen LogP contribution in [0.2, 0.25) is 0 Å². The van der Waals surface area contributed by atoms with Crippen molar-refractivity contribution < 1.29 is 9.32 Å². The molecule has 0 aliphatic carbocycles. The van der Waals surface area contributed by atoms with Crippen molar-refractivity contribution in [3.63, 3.8) is 0 Å². The molecule has 4 aromatic rings. The average Bonchev–Trinajstić information content (AvgIpc) is 3.32. The predicted octanol–water partition coefficient (Wildman–Crippen LogP) is 2.21. The molecule has 1 amide bonds. The number of hydrogen-bond donors (Lipinski definition) is 1. The van der Waals surface area contributed by atoms with Crippen LogP contribution in [-0.2, 0) is 20.6 Å². The van der Waals surface area contributed by atoms with E-state index in [9.17, 15) is 4.79 Å². The predicted molar refractivity (Wildman–Crippen MR) is 103 cm³/mol. The summed E-state index contributed by atoms with van der Waals surface area (Å²) in [6.45, 7) is 6.10. The van der Waals surface area contributed by atoms with E-state index in [1.54, 1.807) is 23.9 Å². The summed E-state index contributed by atoms with van der Waals surface area (Å²) in [6.07, 6.45) is 3.53. The topological polar surface area (TPSA) is 104 Å². The lowest BCUT2D eigenvalue weighted by Crippen LogP contribution is -2.24. The van der Waals surface area contributed by atoms with Gasteiger partial charge in [0, 0.05) is 43.7 Å². The molecule has 0 aliphatic rings. The lowest BCUT2D eigenvalue weighted by molar-refractivity contribution is 0.0952. The molecule has 0 fully saturated rings. The van der Waals surface area contributed by atoms with E-state index in [-0.39, 0.29) is 5.91 Å². The molecule has 0 atom stereocenters. The van der Waals surface area contributed by atoms with Crippen LogP contribution in [0.5, 0.6) is 0 Å². The van der Waals surface area contributed by atoms with Crippen molar-refractivity contribution in [2.24, 2.45) is 14.1 Å². The minimum Gasteiger partial charge on any atom is -0.348 e. The van der Waals surface area contributed by atoms with Crippen molar-refractivity contribution in [2.75, 3.05) is 0 Å². The molecular weight excluding hydrogens is 358 g/mol. The Balaban J connectivity index is 1.72. The summed E-state index contributed by atoms with van der Waals surface area (Å²) in [4.78, 5) is 17.5. The summed E-state index contributed by atoms with van der Waals surface area (Å²) < 4.78 is 8.82. The first-order chi connectivity index (χ1) is 13.3. The number of carbonyl (C=O) groups is 1. The highest BCUT2D eigenvalue weighted by Crippen LogP contribution is 2.27. The van der Waals surface area contributed by atoms with Crippen molar-refractivity contribution in [2.45, 2.75) is 27.3 Å². The maximum absolute atomic E-state index is 13.0. The molecular formula is C19H21N7O2. The van der Waals surface area contributed by atoms with Gasteiger partial charge in [0.05, 0.1) is 34.2 Å². The van der Waals surface area contributed by atoms with Gasteiger partial charge >= 0.3 is 0 Å². The monoisotopic (exact) mass is 379 g/mol. The lowest BCUT2D eigenvalue weighted by atomic mass is 10.1. The van der Waals surface area contributed by atoms with Crippen molar-refractivity contribution >= 4 is 17.0 Å². The normalized spacial score (nSPS) is 11.3. The number of rotatable bonds is 4. The standard InChI is InChI=1S/C19H21N7O2/c1-10-15(12(3)26(5)23-10)8-20-18(27)14-6-16(13-7-21-25(4)9-13)22-19-17(14)11(2)24-28-19/h6-7,9H,8H2,1-5H3,(H,20,27). The SMILES string of the molecule is Cc1nn(C)c(C)c1CNC(=O)c1cc(-c2cnn(C)c2)nc2onc(C)c12. The van der Waals surface area contributed by atoms with Gasteiger partial charge in [-0.15, -0.1) is 0 Å². The fourth-order valence-electron chi connectivity index (χ4n) is 3.31. The molecule has 4 heterocycles. The zero-order valence-electron chi connectivity index (χ0n) is 16.4. The van der Waals surface area contributed by atoms with Crippen LogP contribution in [0.1, 0.15) is 33.0 Å². The van der Waals surface area contributed by atoms with Crippen LogP contribution in [0.3, 0.4) is 0 Å². The number of aryl methyl sites for hydroxylation is 4. The van der Waals surface area contributed by atoms with Crippen molar-refractivity contribution in [3.8, 4) is 11.3 Å². The molecule has 4 rings (SSSR count). The van der Waals surface area contributed by atoms with Gasteiger partial charge in [-0.05, 0) is 26.8 Å². The van der Waals surface area contributed by atoms with E-state index in [1.165, 1.54) is 0 Å². The van der Waals surface area contributed by atoms with Gasteiger partial charge in [0.2, 0.25) is 0 Å². The Hall–Kier alpha value is -3.49. The van der Waals surface area contributed by atoms with E-state index in [0.29, 0.717) is 34.6 Å². The molecule has 0 spiro atoms. The quantitative estimate of drug-likeness (QED) is 0.583. The Morgan fingerprint density at radius 2 is 2.00 bits per heavy atom. The van der Waals surface area contributed by atoms with Gasteiger partial charge in [-0.25, -0.2) is 4.98 Å². The molecule has 9 heteroatoms. The van der Waals surface area contributed by atoms with Crippen LogP contribution in [0.15, 0.2) is 23.0 Å². The highest BCUT2D eigenvalue weighted by atomic mass is 16.5. The molecule has 0 saturated heterocycles. The summed E-state index contributed by atoms with van der Waals surface area (Å²) in [7, 11) is 3.72. The first-order valence-electron chi connectivity index (χ1n) is 8.88. The maximum Gasteiger partial charge on any atom is 0.259 e. The highest BCUT2D eigenvalue weighted by Gasteiger charge is 2.20. The maximum atomic E-state index is 13.0. The van der Waals surface area contributed by atoms with Gasteiger partial charge < -0.3 is 9.84 Å². The molecule has 0 aromatic carbocycles. The molecule has 0 saturated carbocycles.